The van der Waals surface area contributed by atoms with Gasteiger partial charge in [0.2, 0.25) is 5.91 Å². The lowest BCUT2D eigenvalue weighted by Gasteiger charge is -2.31. The van der Waals surface area contributed by atoms with Crippen molar-refractivity contribution in [1.82, 2.24) is 39.1 Å². The Kier molecular flexibility index (Phi) is 8.35. The minimum absolute atomic E-state index is 0.00149. The van der Waals surface area contributed by atoms with Crippen molar-refractivity contribution in [2.75, 3.05) is 45.2 Å². The molecule has 50 heavy (non-hydrogen) atoms. The van der Waals surface area contributed by atoms with Crippen LogP contribution in [0, 0.1) is 11.6 Å². The summed E-state index contributed by atoms with van der Waals surface area (Å²) in [5.41, 5.74) is 4.49. The normalized spacial score (nSPS) is 18.1. The second kappa shape index (κ2) is 13.1. The van der Waals surface area contributed by atoms with Gasteiger partial charge in [-0.2, -0.15) is 5.10 Å². The quantitative estimate of drug-likeness (QED) is 0.234. The van der Waals surface area contributed by atoms with E-state index in [0.717, 1.165) is 47.6 Å². The zero-order chi connectivity index (χ0) is 34.4. The SMILES string of the molecule is CN(C)CCCN1CCCn2cnc3cccc(c32)-c2cccc(c2)O[C@H]2C[C@@H](C1=O)N(c1ncnc3c1cnn3-c1ccc(F)cc1F)C2. The van der Waals surface area contributed by atoms with Crippen LogP contribution < -0.4 is 9.64 Å². The van der Waals surface area contributed by atoms with Crippen LogP contribution in [0.1, 0.15) is 19.3 Å². The first-order chi connectivity index (χ1) is 24.3. The van der Waals surface area contributed by atoms with Crippen LogP contribution in [0.5, 0.6) is 5.75 Å². The Balaban J connectivity index is 1.20. The lowest BCUT2D eigenvalue weighted by molar-refractivity contribution is -0.132. The van der Waals surface area contributed by atoms with Crippen LogP contribution in [0.3, 0.4) is 0 Å². The molecule has 0 radical (unpaired) electrons. The van der Waals surface area contributed by atoms with Crippen molar-refractivity contribution in [3.8, 4) is 22.6 Å². The number of halogens is 2. The zero-order valence-electron chi connectivity index (χ0n) is 27.9. The minimum Gasteiger partial charge on any atom is -0.488 e. The van der Waals surface area contributed by atoms with Crippen LogP contribution in [-0.4, -0.2) is 97.4 Å². The summed E-state index contributed by atoms with van der Waals surface area (Å²) in [7, 11) is 4.06. The molecule has 4 bridgehead atoms. The molecule has 1 fully saturated rings. The van der Waals surface area contributed by atoms with E-state index in [1.165, 1.54) is 23.1 Å². The van der Waals surface area contributed by atoms with Gasteiger partial charge in [-0.3, -0.25) is 4.79 Å². The molecular weight excluding hydrogens is 640 g/mol. The van der Waals surface area contributed by atoms with Crippen LogP contribution in [0.4, 0.5) is 14.6 Å². The van der Waals surface area contributed by atoms with E-state index < -0.39 is 17.7 Å². The average molecular weight is 678 g/mol. The summed E-state index contributed by atoms with van der Waals surface area (Å²) >= 11 is 0. The highest BCUT2D eigenvalue weighted by atomic mass is 19.1. The maximum absolute atomic E-state index is 14.9. The maximum Gasteiger partial charge on any atom is 0.245 e. The van der Waals surface area contributed by atoms with Crippen LogP contribution in [0.2, 0.25) is 0 Å². The molecule has 5 heterocycles. The molecule has 0 saturated carbocycles. The third-order valence-electron chi connectivity index (χ3n) is 9.56. The standard InChI is InChI=1S/C37H37F2N9O2/c1-44(2)13-5-14-45-15-6-16-46-23-42-31-10-4-9-28(34(31)46)24-7-3-8-26(17-24)50-27-19-33(37(45)49)47(21-27)35-29-20-43-48(36(29)41-22-40-35)32-12-11-25(38)18-30(32)39/h3-4,7-12,17-18,20,22-23,27,33H,5-6,13-16,19,21H2,1-2H3/t27-,33-/m0/s1. The number of aryl methyl sites for hydroxylation is 1. The first kappa shape index (κ1) is 31.8. The summed E-state index contributed by atoms with van der Waals surface area (Å²) in [6.45, 7) is 3.10. The molecule has 2 aliphatic heterocycles. The highest BCUT2D eigenvalue weighted by Crippen LogP contribution is 2.35. The number of carbonyl (C=O) groups is 1. The zero-order valence-corrected chi connectivity index (χ0v) is 27.9. The first-order valence-electron chi connectivity index (χ1n) is 16.9. The Morgan fingerprint density at radius 3 is 2.74 bits per heavy atom. The van der Waals surface area contributed by atoms with Crippen molar-refractivity contribution in [3.63, 3.8) is 0 Å². The monoisotopic (exact) mass is 677 g/mol. The number of fused-ring (bicyclic) bond motifs is 6. The summed E-state index contributed by atoms with van der Waals surface area (Å²) in [5.74, 6) is -0.240. The van der Waals surface area contributed by atoms with Gasteiger partial charge >= 0.3 is 0 Å². The Morgan fingerprint density at radius 1 is 1.00 bits per heavy atom. The summed E-state index contributed by atoms with van der Waals surface area (Å²) < 4.78 is 38.8. The van der Waals surface area contributed by atoms with Gasteiger partial charge in [-0.1, -0.05) is 24.3 Å². The Labute approximate surface area is 287 Å². The number of nitrogens with zero attached hydrogens (tertiary/aromatic N) is 9. The van der Waals surface area contributed by atoms with Crippen LogP contribution >= 0.6 is 0 Å². The van der Waals surface area contributed by atoms with Crippen molar-refractivity contribution in [2.45, 2.75) is 38.0 Å². The van der Waals surface area contributed by atoms with Crippen molar-refractivity contribution in [2.24, 2.45) is 0 Å². The number of ether oxygens (including phenoxy) is 1. The van der Waals surface area contributed by atoms with Crippen LogP contribution in [-0.2, 0) is 11.3 Å². The Morgan fingerprint density at radius 2 is 1.88 bits per heavy atom. The lowest BCUT2D eigenvalue weighted by Crippen LogP contribution is -2.47. The third kappa shape index (κ3) is 5.91. The lowest BCUT2D eigenvalue weighted by atomic mass is 10.0. The summed E-state index contributed by atoms with van der Waals surface area (Å²) in [6, 6.07) is 17.0. The molecule has 1 saturated heterocycles. The van der Waals surface area contributed by atoms with Gasteiger partial charge in [0, 0.05) is 37.7 Å². The second-order valence-electron chi connectivity index (χ2n) is 13.2. The molecular formula is C37H37F2N9O2. The summed E-state index contributed by atoms with van der Waals surface area (Å²) in [5, 5.41) is 4.97. The second-order valence-corrected chi connectivity index (χ2v) is 13.2. The van der Waals surface area contributed by atoms with Gasteiger partial charge < -0.3 is 24.0 Å². The topological polar surface area (TPSA) is 97.4 Å². The van der Waals surface area contributed by atoms with E-state index in [9.17, 15) is 13.6 Å². The maximum atomic E-state index is 14.9. The van der Waals surface area contributed by atoms with E-state index in [2.05, 4.69) is 36.7 Å². The van der Waals surface area contributed by atoms with E-state index in [1.54, 1.807) is 6.20 Å². The third-order valence-corrected chi connectivity index (χ3v) is 9.56. The van der Waals surface area contributed by atoms with Gasteiger partial charge in [0.15, 0.2) is 11.5 Å². The Bertz CT molecular complexity index is 2200. The number of imidazole rings is 1. The van der Waals surface area contributed by atoms with E-state index in [4.69, 9.17) is 9.72 Å². The molecule has 2 atom stereocenters. The van der Waals surface area contributed by atoms with Gasteiger partial charge in [-0.05, 0) is 69.4 Å². The highest BCUT2D eigenvalue weighted by molar-refractivity contribution is 5.94. The number of hydrogen-bond acceptors (Lipinski definition) is 8. The van der Waals surface area contributed by atoms with Gasteiger partial charge in [0.1, 0.15) is 41.5 Å². The number of amides is 1. The molecule has 1 amide bonds. The van der Waals surface area contributed by atoms with Crippen LogP contribution in [0.15, 0.2) is 79.5 Å². The molecule has 0 spiro atoms. The predicted octanol–water partition coefficient (Wildman–Crippen LogP) is 5.32. The molecule has 3 aromatic heterocycles. The van der Waals surface area contributed by atoms with Crippen molar-refractivity contribution in [1.29, 1.82) is 0 Å². The smallest absolute Gasteiger partial charge is 0.245 e. The summed E-state index contributed by atoms with van der Waals surface area (Å²) in [6.07, 6.45) is 6.52. The molecule has 0 aliphatic carbocycles. The number of aromatic nitrogens is 6. The highest BCUT2D eigenvalue weighted by Gasteiger charge is 2.41. The number of rotatable bonds is 6. The number of hydrogen-bond donors (Lipinski definition) is 0. The molecule has 13 heteroatoms. The number of para-hydroxylation sites is 1. The molecule has 0 unspecified atom stereocenters. The molecule has 11 nitrogen and oxygen atoms in total. The number of benzene rings is 3. The molecule has 3 aromatic carbocycles. The van der Waals surface area contributed by atoms with Gasteiger partial charge in [-0.15, -0.1) is 0 Å². The largest absolute Gasteiger partial charge is 0.488 e. The fraction of sp³-hybridized carbons (Fsp3) is 0.324. The van der Waals surface area contributed by atoms with Gasteiger partial charge in [0.05, 0.1) is 35.5 Å². The fourth-order valence-electron chi connectivity index (χ4n) is 7.25. The Hall–Kier alpha value is -5.43. The van der Waals surface area contributed by atoms with E-state index in [1.807, 2.05) is 60.6 Å². The minimum atomic E-state index is -0.763. The molecule has 8 rings (SSSR count). The van der Waals surface area contributed by atoms with E-state index in [0.29, 0.717) is 55.2 Å². The first-order valence-corrected chi connectivity index (χ1v) is 16.9. The van der Waals surface area contributed by atoms with Gasteiger partial charge in [0.25, 0.3) is 0 Å². The van der Waals surface area contributed by atoms with Crippen molar-refractivity contribution < 1.29 is 18.3 Å². The predicted molar refractivity (Wildman–Crippen MR) is 186 cm³/mol. The van der Waals surface area contributed by atoms with E-state index in [-0.39, 0.29) is 17.7 Å². The van der Waals surface area contributed by atoms with Gasteiger partial charge in [-0.25, -0.2) is 28.4 Å². The molecule has 256 valence electrons. The summed E-state index contributed by atoms with van der Waals surface area (Å²) in [4.78, 5) is 34.5. The van der Waals surface area contributed by atoms with Crippen molar-refractivity contribution >= 4 is 33.8 Å². The van der Waals surface area contributed by atoms with Crippen molar-refractivity contribution in [3.05, 3.63) is 91.1 Å². The number of anilines is 1. The molecule has 0 N–H and O–H groups in total. The average Bonchev–Trinajstić information content (AvgIpc) is 3.84. The number of carbonyl (C=O) groups excluding carboxylic acids is 1. The fourth-order valence-corrected chi connectivity index (χ4v) is 7.25. The van der Waals surface area contributed by atoms with Crippen LogP contribution in [0.25, 0.3) is 38.9 Å². The molecule has 6 aromatic rings. The van der Waals surface area contributed by atoms with E-state index >= 15 is 0 Å². The molecule has 2 aliphatic rings.